The van der Waals surface area contributed by atoms with Crippen LogP contribution in [0.3, 0.4) is 0 Å². The van der Waals surface area contributed by atoms with Crippen molar-refractivity contribution in [2.24, 2.45) is 23.3 Å². The van der Waals surface area contributed by atoms with Gasteiger partial charge < -0.3 is 20.9 Å². The molecule has 3 rings (SSSR count). The van der Waals surface area contributed by atoms with E-state index in [1.54, 1.807) is 0 Å². The predicted molar refractivity (Wildman–Crippen MR) is 97.8 cm³/mol. The van der Waals surface area contributed by atoms with Gasteiger partial charge in [0.1, 0.15) is 0 Å². The van der Waals surface area contributed by atoms with Crippen LogP contribution in [0, 0.1) is 11.8 Å². The highest BCUT2D eigenvalue weighted by atomic mass is 16.5. The Kier molecular flexibility index (Phi) is 7.38. The summed E-state index contributed by atoms with van der Waals surface area (Å²) in [5, 5.41) is 0. The summed E-state index contributed by atoms with van der Waals surface area (Å²) in [6, 6.07) is 0.624. The molecule has 24 heavy (non-hydrogen) atoms. The number of nitrogens with two attached hydrogens (primary N) is 2. The molecule has 3 fully saturated rings. The van der Waals surface area contributed by atoms with Gasteiger partial charge in [0.25, 0.3) is 0 Å². The van der Waals surface area contributed by atoms with Crippen LogP contribution in [0.25, 0.3) is 0 Å². The molecule has 4 atom stereocenters. The molecule has 4 N–H and O–H groups in total. The fraction of sp³-hybridized carbons (Fsp3) is 1.00. The van der Waals surface area contributed by atoms with E-state index in [-0.39, 0.29) is 0 Å². The van der Waals surface area contributed by atoms with Gasteiger partial charge in [0.05, 0.1) is 12.2 Å². The van der Waals surface area contributed by atoms with Crippen LogP contribution < -0.4 is 11.5 Å². The van der Waals surface area contributed by atoms with Crippen LogP contribution in [-0.4, -0.2) is 37.5 Å². The Labute approximate surface area is 148 Å². The average Bonchev–Trinajstić information content (AvgIpc) is 2.63. The highest BCUT2D eigenvalue weighted by Gasteiger charge is 2.31. The van der Waals surface area contributed by atoms with Crippen molar-refractivity contribution in [1.29, 1.82) is 0 Å². The van der Waals surface area contributed by atoms with E-state index in [0.29, 0.717) is 36.1 Å². The summed E-state index contributed by atoms with van der Waals surface area (Å²) < 4.78 is 11.7. The van der Waals surface area contributed by atoms with Crippen molar-refractivity contribution in [2.45, 2.75) is 101 Å². The van der Waals surface area contributed by atoms with Gasteiger partial charge in [0.2, 0.25) is 0 Å². The monoisotopic (exact) mass is 338 g/mol. The molecule has 1 aliphatic carbocycles. The maximum absolute atomic E-state index is 6.52. The number of hydrogen-bond acceptors (Lipinski definition) is 4. The molecule has 2 aliphatic heterocycles. The van der Waals surface area contributed by atoms with Gasteiger partial charge in [-0.1, -0.05) is 0 Å². The molecule has 0 bridgehead atoms. The maximum Gasteiger partial charge on any atom is 0.0590 e. The van der Waals surface area contributed by atoms with E-state index in [1.807, 2.05) is 0 Å². The van der Waals surface area contributed by atoms with Crippen LogP contribution in [0.4, 0.5) is 0 Å². The fourth-order valence-corrected chi connectivity index (χ4v) is 4.98. The van der Waals surface area contributed by atoms with Gasteiger partial charge in [0.15, 0.2) is 0 Å². The first-order valence-electron chi connectivity index (χ1n) is 10.5. The molecule has 4 heteroatoms. The average molecular weight is 339 g/mol. The Morgan fingerprint density at radius 2 is 1.04 bits per heavy atom. The zero-order valence-electron chi connectivity index (χ0n) is 15.3. The van der Waals surface area contributed by atoms with Crippen LogP contribution in [0.2, 0.25) is 0 Å². The lowest BCUT2D eigenvalue weighted by molar-refractivity contribution is -0.00196. The summed E-state index contributed by atoms with van der Waals surface area (Å²) in [7, 11) is 0. The maximum atomic E-state index is 6.52. The zero-order valence-corrected chi connectivity index (χ0v) is 15.3. The van der Waals surface area contributed by atoms with E-state index in [2.05, 4.69) is 0 Å². The van der Waals surface area contributed by atoms with Gasteiger partial charge in [-0.3, -0.25) is 0 Å². The van der Waals surface area contributed by atoms with Crippen molar-refractivity contribution in [1.82, 2.24) is 0 Å². The molecule has 0 aromatic rings. The molecule has 140 valence electrons. The van der Waals surface area contributed by atoms with Crippen molar-refractivity contribution >= 4 is 0 Å². The molecule has 4 unspecified atom stereocenters. The van der Waals surface area contributed by atoms with Gasteiger partial charge in [-0.2, -0.15) is 0 Å². The Morgan fingerprint density at radius 3 is 1.38 bits per heavy atom. The lowest BCUT2D eigenvalue weighted by Gasteiger charge is -2.37. The topological polar surface area (TPSA) is 70.5 Å². The minimum absolute atomic E-state index is 0.312. The Balaban J connectivity index is 1.36. The first-order valence-corrected chi connectivity index (χ1v) is 10.5. The molecule has 1 saturated carbocycles. The van der Waals surface area contributed by atoms with E-state index in [9.17, 15) is 0 Å². The van der Waals surface area contributed by atoms with Crippen LogP contribution >= 0.6 is 0 Å². The predicted octanol–water partition coefficient (Wildman–Crippen LogP) is 3.37. The van der Waals surface area contributed by atoms with Crippen molar-refractivity contribution in [3.05, 3.63) is 0 Å². The lowest BCUT2D eigenvalue weighted by atomic mass is 9.74. The summed E-state index contributed by atoms with van der Waals surface area (Å²) >= 11 is 0. The molecule has 0 amide bonds. The first-order chi connectivity index (χ1) is 11.7. The number of rotatable bonds is 6. The van der Waals surface area contributed by atoms with Crippen molar-refractivity contribution in [3.8, 4) is 0 Å². The molecule has 0 radical (unpaired) electrons. The molecular weight excluding hydrogens is 300 g/mol. The summed E-state index contributed by atoms with van der Waals surface area (Å²) in [5.74, 6) is 1.34. The van der Waals surface area contributed by atoms with Crippen molar-refractivity contribution in [2.75, 3.05) is 13.2 Å². The van der Waals surface area contributed by atoms with E-state index in [1.165, 1.54) is 64.2 Å². The van der Waals surface area contributed by atoms with Gasteiger partial charge in [-0.05, 0) is 88.9 Å². The van der Waals surface area contributed by atoms with Gasteiger partial charge in [0, 0.05) is 25.3 Å². The smallest absolute Gasteiger partial charge is 0.0590 e. The highest BCUT2D eigenvalue weighted by molar-refractivity contribution is 4.87. The molecule has 3 aliphatic rings. The quantitative estimate of drug-likeness (QED) is 0.779. The third-order valence-corrected chi connectivity index (χ3v) is 6.65. The van der Waals surface area contributed by atoms with Crippen LogP contribution in [0.1, 0.15) is 77.0 Å². The highest BCUT2D eigenvalue weighted by Crippen LogP contribution is 2.35. The molecule has 0 spiro atoms. The van der Waals surface area contributed by atoms with Crippen LogP contribution in [0.5, 0.6) is 0 Å². The Hall–Kier alpha value is -0.160. The standard InChI is InChI=1S/C20H38N2O2/c21-19(13-17-5-1-3-11-23-17)15-7-9-16(10-8-15)20(22)14-18-6-2-4-12-24-18/h15-20H,1-14,21-22H2. The van der Waals surface area contributed by atoms with Gasteiger partial charge in [-0.15, -0.1) is 0 Å². The molecular formula is C20H38N2O2. The molecule has 2 saturated heterocycles. The number of ether oxygens (including phenoxy) is 2. The second-order valence-electron chi connectivity index (χ2n) is 8.45. The summed E-state index contributed by atoms with van der Waals surface area (Å²) in [6.45, 7) is 1.87. The van der Waals surface area contributed by atoms with Gasteiger partial charge in [-0.25, -0.2) is 0 Å². The fourth-order valence-electron chi connectivity index (χ4n) is 4.98. The van der Waals surface area contributed by atoms with E-state index < -0.39 is 0 Å². The van der Waals surface area contributed by atoms with Crippen molar-refractivity contribution < 1.29 is 9.47 Å². The third-order valence-electron chi connectivity index (χ3n) is 6.65. The van der Waals surface area contributed by atoms with Crippen LogP contribution in [-0.2, 0) is 9.47 Å². The summed E-state index contributed by atoms with van der Waals surface area (Å²) in [6.07, 6.45) is 15.4. The van der Waals surface area contributed by atoms with Crippen molar-refractivity contribution in [3.63, 3.8) is 0 Å². The second-order valence-corrected chi connectivity index (χ2v) is 8.45. The third kappa shape index (κ3) is 5.42. The summed E-state index contributed by atoms with van der Waals surface area (Å²) in [5.41, 5.74) is 13.0. The Bertz CT molecular complexity index is 312. The summed E-state index contributed by atoms with van der Waals surface area (Å²) in [4.78, 5) is 0. The molecule has 2 heterocycles. The SMILES string of the molecule is NC(CC1CCCCO1)C1CCC(C(N)CC2CCCCO2)CC1. The minimum Gasteiger partial charge on any atom is -0.378 e. The van der Waals surface area contributed by atoms with E-state index in [4.69, 9.17) is 20.9 Å². The lowest BCUT2D eigenvalue weighted by Crippen LogP contribution is -2.41. The molecule has 0 aromatic carbocycles. The van der Waals surface area contributed by atoms with E-state index >= 15 is 0 Å². The molecule has 4 nitrogen and oxygen atoms in total. The van der Waals surface area contributed by atoms with Crippen LogP contribution in [0.15, 0.2) is 0 Å². The normalized spacial score (nSPS) is 37.8. The number of hydrogen-bond donors (Lipinski definition) is 2. The van der Waals surface area contributed by atoms with E-state index in [0.717, 1.165) is 26.1 Å². The first kappa shape index (κ1) is 18.6. The Morgan fingerprint density at radius 1 is 0.625 bits per heavy atom. The molecule has 0 aromatic heterocycles. The zero-order chi connectivity index (χ0) is 16.8. The largest absolute Gasteiger partial charge is 0.378 e. The minimum atomic E-state index is 0.312. The second kappa shape index (κ2) is 9.51. The van der Waals surface area contributed by atoms with Gasteiger partial charge >= 0.3 is 0 Å².